The van der Waals surface area contributed by atoms with E-state index in [-0.39, 0.29) is 11.4 Å². The third kappa shape index (κ3) is 4.77. The zero-order valence-corrected chi connectivity index (χ0v) is 14.0. The fourth-order valence-electron chi connectivity index (χ4n) is 1.94. The van der Waals surface area contributed by atoms with Gasteiger partial charge in [-0.3, -0.25) is 14.6 Å². The van der Waals surface area contributed by atoms with Crippen LogP contribution in [0.15, 0.2) is 41.6 Å². The molecular formula is C17H17N3O5. The molecule has 1 aromatic heterocycles. The summed E-state index contributed by atoms with van der Waals surface area (Å²) < 4.78 is 15.5. The van der Waals surface area contributed by atoms with Crippen molar-refractivity contribution in [1.82, 2.24) is 10.4 Å². The lowest BCUT2D eigenvalue weighted by Gasteiger charge is -2.13. The fourth-order valence-corrected chi connectivity index (χ4v) is 1.94. The van der Waals surface area contributed by atoms with E-state index in [1.54, 1.807) is 30.3 Å². The van der Waals surface area contributed by atoms with Crippen molar-refractivity contribution in [3.8, 4) is 17.2 Å². The Labute approximate surface area is 144 Å². The first-order chi connectivity index (χ1) is 12.0. The second-order valence-corrected chi connectivity index (χ2v) is 4.76. The molecule has 8 heteroatoms. The molecule has 0 fully saturated rings. The number of rotatable bonds is 6. The highest BCUT2D eigenvalue weighted by molar-refractivity contribution is 5.93. The van der Waals surface area contributed by atoms with Crippen molar-refractivity contribution < 1.29 is 23.8 Å². The highest BCUT2D eigenvalue weighted by atomic mass is 16.6. The molecule has 1 heterocycles. The molecule has 0 spiro atoms. The maximum atomic E-state index is 11.9. The molecule has 1 aromatic carbocycles. The maximum Gasteiger partial charge on any atom is 0.308 e. The molecule has 130 valence electrons. The summed E-state index contributed by atoms with van der Waals surface area (Å²) in [6, 6.07) is 8.18. The standard InChI is InChI=1S/C17H17N3O5/c1-11(21)25-16-14(23-2)8-12(9-15(16)24-3)10-19-20-17(22)13-6-4-5-7-18-13/h4-10H,1-3H3,(H,20,22)/b19-10+. The molecule has 0 saturated carbocycles. The molecule has 0 bridgehead atoms. The Hall–Kier alpha value is -3.42. The molecule has 1 N–H and O–H groups in total. The van der Waals surface area contributed by atoms with Gasteiger partial charge in [-0.1, -0.05) is 6.07 Å². The quantitative estimate of drug-likeness (QED) is 0.371. The Morgan fingerprint density at radius 1 is 1.16 bits per heavy atom. The number of benzene rings is 1. The van der Waals surface area contributed by atoms with Gasteiger partial charge in [0.25, 0.3) is 5.91 Å². The van der Waals surface area contributed by atoms with Gasteiger partial charge in [-0.15, -0.1) is 0 Å². The minimum Gasteiger partial charge on any atom is -0.493 e. The van der Waals surface area contributed by atoms with Crippen molar-refractivity contribution in [2.45, 2.75) is 6.92 Å². The molecule has 0 aliphatic rings. The third-order valence-corrected chi connectivity index (χ3v) is 3.01. The second kappa shape index (κ2) is 8.44. The van der Waals surface area contributed by atoms with Crippen LogP contribution in [-0.4, -0.2) is 37.3 Å². The molecule has 1 amide bonds. The van der Waals surface area contributed by atoms with Crippen molar-refractivity contribution in [2.75, 3.05) is 14.2 Å². The number of hydrogen-bond donors (Lipinski definition) is 1. The Balaban J connectivity index is 2.19. The zero-order valence-electron chi connectivity index (χ0n) is 14.0. The van der Waals surface area contributed by atoms with Gasteiger partial charge >= 0.3 is 5.97 Å². The smallest absolute Gasteiger partial charge is 0.308 e. The number of nitrogens with one attached hydrogen (secondary N) is 1. The van der Waals surface area contributed by atoms with Crippen LogP contribution in [0.1, 0.15) is 23.0 Å². The first kappa shape index (κ1) is 17.9. The number of hydrazone groups is 1. The van der Waals surface area contributed by atoms with Crippen LogP contribution in [0.25, 0.3) is 0 Å². The Morgan fingerprint density at radius 3 is 2.36 bits per heavy atom. The second-order valence-electron chi connectivity index (χ2n) is 4.76. The van der Waals surface area contributed by atoms with Crippen molar-refractivity contribution in [2.24, 2.45) is 5.10 Å². The summed E-state index contributed by atoms with van der Waals surface area (Å²) in [5.41, 5.74) is 3.20. The lowest BCUT2D eigenvalue weighted by atomic mass is 10.2. The number of nitrogens with zero attached hydrogens (tertiary/aromatic N) is 2. The van der Waals surface area contributed by atoms with E-state index in [2.05, 4.69) is 15.5 Å². The number of methoxy groups -OCH3 is 2. The zero-order chi connectivity index (χ0) is 18.2. The van der Waals surface area contributed by atoms with Crippen molar-refractivity contribution in [1.29, 1.82) is 0 Å². The minimum absolute atomic E-state index is 0.173. The van der Waals surface area contributed by atoms with Crippen LogP contribution in [0.3, 0.4) is 0 Å². The summed E-state index contributed by atoms with van der Waals surface area (Å²) in [5.74, 6) is -0.167. The van der Waals surface area contributed by atoms with E-state index in [4.69, 9.17) is 14.2 Å². The lowest BCUT2D eigenvalue weighted by Crippen LogP contribution is -2.18. The molecule has 25 heavy (non-hydrogen) atoms. The summed E-state index contributed by atoms with van der Waals surface area (Å²) >= 11 is 0. The van der Waals surface area contributed by atoms with E-state index >= 15 is 0 Å². The number of esters is 1. The maximum absolute atomic E-state index is 11.9. The van der Waals surface area contributed by atoms with Crippen LogP contribution in [-0.2, 0) is 4.79 Å². The highest BCUT2D eigenvalue weighted by Gasteiger charge is 2.15. The van der Waals surface area contributed by atoms with Gasteiger partial charge in [-0.25, -0.2) is 5.43 Å². The number of carbonyl (C=O) groups is 2. The molecule has 2 aromatic rings. The summed E-state index contributed by atoms with van der Waals surface area (Å²) in [5, 5.41) is 3.88. The topological polar surface area (TPSA) is 99.1 Å². The highest BCUT2D eigenvalue weighted by Crippen LogP contribution is 2.38. The van der Waals surface area contributed by atoms with Gasteiger partial charge in [0.15, 0.2) is 11.5 Å². The lowest BCUT2D eigenvalue weighted by molar-refractivity contribution is -0.132. The van der Waals surface area contributed by atoms with E-state index in [0.717, 1.165) is 0 Å². The molecule has 0 aliphatic heterocycles. The summed E-state index contributed by atoms with van der Waals surface area (Å²) in [4.78, 5) is 27.0. The van der Waals surface area contributed by atoms with Gasteiger partial charge < -0.3 is 14.2 Å². The van der Waals surface area contributed by atoms with Gasteiger partial charge in [0.1, 0.15) is 5.69 Å². The molecule has 8 nitrogen and oxygen atoms in total. The van der Waals surface area contributed by atoms with Gasteiger partial charge in [0.05, 0.1) is 20.4 Å². The van der Waals surface area contributed by atoms with Gasteiger partial charge in [0, 0.05) is 18.7 Å². The predicted octanol–water partition coefficient (Wildman–Crippen LogP) is 1.79. The van der Waals surface area contributed by atoms with E-state index in [1.807, 2.05) is 0 Å². The molecular weight excluding hydrogens is 326 g/mol. The molecule has 0 unspecified atom stereocenters. The summed E-state index contributed by atoms with van der Waals surface area (Å²) in [6.45, 7) is 1.28. The van der Waals surface area contributed by atoms with Crippen molar-refractivity contribution >= 4 is 18.1 Å². The predicted molar refractivity (Wildman–Crippen MR) is 90.2 cm³/mol. The van der Waals surface area contributed by atoms with Crippen LogP contribution in [0, 0.1) is 0 Å². The number of amides is 1. The van der Waals surface area contributed by atoms with E-state index in [0.29, 0.717) is 17.1 Å². The van der Waals surface area contributed by atoms with Crippen LogP contribution in [0.5, 0.6) is 17.2 Å². The fraction of sp³-hybridized carbons (Fsp3) is 0.176. The normalized spacial score (nSPS) is 10.4. The number of hydrogen-bond acceptors (Lipinski definition) is 7. The van der Waals surface area contributed by atoms with Crippen LogP contribution < -0.4 is 19.6 Å². The SMILES string of the molecule is COc1cc(/C=N/NC(=O)c2ccccn2)cc(OC)c1OC(C)=O. The van der Waals surface area contributed by atoms with E-state index < -0.39 is 11.9 Å². The van der Waals surface area contributed by atoms with Gasteiger partial charge in [0.2, 0.25) is 5.75 Å². The van der Waals surface area contributed by atoms with E-state index in [9.17, 15) is 9.59 Å². The average Bonchev–Trinajstić information content (AvgIpc) is 2.62. The Bertz CT molecular complexity index is 765. The monoisotopic (exact) mass is 343 g/mol. The minimum atomic E-state index is -0.499. The van der Waals surface area contributed by atoms with Crippen molar-refractivity contribution in [3.05, 3.63) is 47.8 Å². The molecule has 2 rings (SSSR count). The first-order valence-corrected chi connectivity index (χ1v) is 7.24. The number of carbonyl (C=O) groups excluding carboxylic acids is 2. The number of ether oxygens (including phenoxy) is 3. The summed E-state index contributed by atoms with van der Waals surface area (Å²) in [6.07, 6.45) is 2.92. The van der Waals surface area contributed by atoms with E-state index in [1.165, 1.54) is 33.6 Å². The number of pyridine rings is 1. The molecule has 0 aliphatic carbocycles. The molecule has 0 radical (unpaired) electrons. The average molecular weight is 343 g/mol. The number of aromatic nitrogens is 1. The third-order valence-electron chi connectivity index (χ3n) is 3.01. The van der Waals surface area contributed by atoms with Gasteiger partial charge in [-0.05, 0) is 24.3 Å². The Morgan fingerprint density at radius 2 is 1.84 bits per heavy atom. The largest absolute Gasteiger partial charge is 0.493 e. The Kier molecular flexibility index (Phi) is 6.05. The van der Waals surface area contributed by atoms with Crippen LogP contribution in [0.2, 0.25) is 0 Å². The van der Waals surface area contributed by atoms with Crippen LogP contribution in [0.4, 0.5) is 0 Å². The van der Waals surface area contributed by atoms with Crippen molar-refractivity contribution in [3.63, 3.8) is 0 Å². The molecule has 0 saturated heterocycles. The summed E-state index contributed by atoms with van der Waals surface area (Å²) in [7, 11) is 2.87. The van der Waals surface area contributed by atoms with Gasteiger partial charge in [-0.2, -0.15) is 5.10 Å². The molecule has 0 atom stereocenters. The first-order valence-electron chi connectivity index (χ1n) is 7.24. The van der Waals surface area contributed by atoms with Crippen LogP contribution >= 0.6 is 0 Å².